The second kappa shape index (κ2) is 5.48. The minimum atomic E-state index is -0.947. The Kier molecular flexibility index (Phi) is 3.62. The lowest BCUT2D eigenvalue weighted by Crippen LogP contribution is -2.37. The number of hydrogen-bond acceptors (Lipinski definition) is 9. The van der Waals surface area contributed by atoms with Gasteiger partial charge in [-0.05, 0) is 6.07 Å². The van der Waals surface area contributed by atoms with Gasteiger partial charge in [0.25, 0.3) is 10.9 Å². The summed E-state index contributed by atoms with van der Waals surface area (Å²) in [6.45, 7) is -0.00671. The number of anilines is 2. The van der Waals surface area contributed by atoms with E-state index in [2.05, 4.69) is 10.3 Å². The van der Waals surface area contributed by atoms with Crippen molar-refractivity contribution in [1.29, 1.82) is 0 Å². The lowest BCUT2D eigenvalue weighted by atomic mass is 10.1. The van der Waals surface area contributed by atoms with Crippen LogP contribution in [-0.4, -0.2) is 38.5 Å². The molecule has 10 nitrogen and oxygen atoms in total. The van der Waals surface area contributed by atoms with Gasteiger partial charge in [-0.2, -0.15) is 4.98 Å². The van der Waals surface area contributed by atoms with Crippen molar-refractivity contribution in [3.8, 4) is 5.75 Å². The predicted molar refractivity (Wildman–Crippen MR) is 79.0 cm³/mol. The van der Waals surface area contributed by atoms with Crippen LogP contribution in [0.25, 0.3) is 0 Å². The van der Waals surface area contributed by atoms with E-state index < -0.39 is 40.7 Å². The van der Waals surface area contributed by atoms with Crippen LogP contribution in [0.5, 0.6) is 5.75 Å². The number of rotatable bonds is 4. The van der Waals surface area contributed by atoms with E-state index >= 15 is 0 Å². The van der Waals surface area contributed by atoms with Crippen LogP contribution < -0.4 is 27.6 Å². The van der Waals surface area contributed by atoms with Crippen LogP contribution >= 0.6 is 0 Å². The molecule has 1 saturated heterocycles. The summed E-state index contributed by atoms with van der Waals surface area (Å²) in [5.41, 5.74) is 2.85. The number of nitrogens with one attached hydrogen (secondary N) is 1. The van der Waals surface area contributed by atoms with Crippen LogP contribution in [0, 0.1) is 0 Å². The quantitative estimate of drug-likeness (QED) is 0.462. The first-order valence-electron chi connectivity index (χ1n) is 6.83. The SMILES string of the molecule is Nc1ccn([C@H]2C[C@H](O)[C@@H](CNc3c(O)c(=O)c3=O)O2)c(=O)n1. The normalized spacial score (nSPS) is 24.1. The van der Waals surface area contributed by atoms with E-state index in [-0.39, 0.29) is 24.5 Å². The minimum absolute atomic E-state index is 0.00671. The molecule has 0 aliphatic carbocycles. The first-order valence-corrected chi connectivity index (χ1v) is 6.83. The number of aliphatic hydroxyl groups is 1. The Labute approximate surface area is 128 Å². The second-order valence-corrected chi connectivity index (χ2v) is 5.24. The smallest absolute Gasteiger partial charge is 0.351 e. The van der Waals surface area contributed by atoms with Gasteiger partial charge in [-0.15, -0.1) is 0 Å². The maximum absolute atomic E-state index is 11.8. The molecule has 1 aromatic heterocycles. The molecule has 2 aromatic rings. The Hall–Kier alpha value is -2.72. The zero-order chi connectivity index (χ0) is 16.7. The molecule has 1 aliphatic rings. The van der Waals surface area contributed by atoms with E-state index in [1.54, 1.807) is 0 Å². The van der Waals surface area contributed by atoms with E-state index in [0.717, 1.165) is 0 Å². The first-order chi connectivity index (χ1) is 10.9. The van der Waals surface area contributed by atoms with Crippen molar-refractivity contribution < 1.29 is 14.9 Å². The van der Waals surface area contributed by atoms with Gasteiger partial charge in [0.2, 0.25) is 0 Å². The van der Waals surface area contributed by atoms with Crippen molar-refractivity contribution in [1.82, 2.24) is 9.55 Å². The van der Waals surface area contributed by atoms with Gasteiger partial charge in [-0.1, -0.05) is 0 Å². The molecule has 1 aromatic carbocycles. The highest BCUT2D eigenvalue weighted by Gasteiger charge is 2.36. The summed E-state index contributed by atoms with van der Waals surface area (Å²) in [6, 6.07) is 1.43. The standard InChI is InChI=1S/C13H14N4O6/c14-7-1-2-17(13(22)16-7)8-3-5(18)6(23-8)4-15-9-10(19)12(21)11(9)20/h1-2,5-6,8,15,18-19H,3-4H2,(H2,14,16,22)/t5-,6+,8+/m0/s1. The van der Waals surface area contributed by atoms with Gasteiger partial charge in [-0.25, -0.2) is 4.79 Å². The van der Waals surface area contributed by atoms with Crippen LogP contribution in [-0.2, 0) is 4.74 Å². The summed E-state index contributed by atoms with van der Waals surface area (Å²) in [6.07, 6.45) is -0.784. The van der Waals surface area contributed by atoms with Gasteiger partial charge in [-0.3, -0.25) is 14.2 Å². The molecule has 0 saturated carbocycles. The molecule has 0 bridgehead atoms. The summed E-state index contributed by atoms with van der Waals surface area (Å²) >= 11 is 0. The number of ether oxygens (including phenoxy) is 1. The largest absolute Gasteiger partial charge is 0.502 e. The maximum Gasteiger partial charge on any atom is 0.351 e. The average Bonchev–Trinajstić information content (AvgIpc) is 2.87. The zero-order valence-electron chi connectivity index (χ0n) is 11.8. The molecule has 0 radical (unpaired) electrons. The first kappa shape index (κ1) is 15.2. The fourth-order valence-electron chi connectivity index (χ4n) is 2.46. The van der Waals surface area contributed by atoms with Crippen LogP contribution in [0.3, 0.4) is 0 Å². The van der Waals surface area contributed by atoms with Crippen molar-refractivity contribution in [3.05, 3.63) is 43.2 Å². The topological polar surface area (TPSA) is 157 Å². The third kappa shape index (κ3) is 2.58. The molecule has 10 heteroatoms. The number of hydrogen-bond donors (Lipinski definition) is 4. The van der Waals surface area contributed by atoms with Gasteiger partial charge in [0.15, 0.2) is 5.75 Å². The van der Waals surface area contributed by atoms with Crippen molar-refractivity contribution in [3.63, 3.8) is 0 Å². The Balaban J connectivity index is 1.68. The van der Waals surface area contributed by atoms with Gasteiger partial charge in [0.05, 0.1) is 6.10 Å². The molecule has 0 amide bonds. The molecule has 122 valence electrons. The van der Waals surface area contributed by atoms with Crippen LogP contribution in [0.15, 0.2) is 26.6 Å². The third-order valence-corrected chi connectivity index (χ3v) is 3.73. The number of nitrogens with two attached hydrogens (primary N) is 1. The van der Waals surface area contributed by atoms with Gasteiger partial charge < -0.3 is 26.0 Å². The Morgan fingerprint density at radius 1 is 1.39 bits per heavy atom. The van der Waals surface area contributed by atoms with Crippen LogP contribution in [0.4, 0.5) is 11.5 Å². The number of aliphatic hydroxyl groups excluding tert-OH is 1. The molecular weight excluding hydrogens is 308 g/mol. The fourth-order valence-corrected chi connectivity index (χ4v) is 2.46. The summed E-state index contributed by atoms with van der Waals surface area (Å²) in [4.78, 5) is 37.5. The van der Waals surface area contributed by atoms with Crippen molar-refractivity contribution in [2.45, 2.75) is 24.9 Å². The van der Waals surface area contributed by atoms with E-state index in [1.807, 2.05) is 0 Å². The second-order valence-electron chi connectivity index (χ2n) is 5.24. The molecule has 2 heterocycles. The summed E-state index contributed by atoms with van der Waals surface area (Å²) in [5.74, 6) is -0.545. The lowest BCUT2D eigenvalue weighted by Gasteiger charge is -2.17. The highest BCUT2D eigenvalue weighted by molar-refractivity contribution is 5.60. The lowest BCUT2D eigenvalue weighted by molar-refractivity contribution is -0.0130. The highest BCUT2D eigenvalue weighted by atomic mass is 16.5. The highest BCUT2D eigenvalue weighted by Crippen LogP contribution is 2.28. The molecule has 3 rings (SSSR count). The molecule has 0 unspecified atom stereocenters. The summed E-state index contributed by atoms with van der Waals surface area (Å²) in [7, 11) is 0. The van der Waals surface area contributed by atoms with Crippen molar-refractivity contribution in [2.75, 3.05) is 17.6 Å². The molecule has 0 spiro atoms. The van der Waals surface area contributed by atoms with Gasteiger partial charge in [0.1, 0.15) is 23.8 Å². The van der Waals surface area contributed by atoms with E-state index in [0.29, 0.717) is 0 Å². The Bertz CT molecular complexity index is 868. The number of nitrogen functional groups attached to an aromatic ring is 1. The molecule has 23 heavy (non-hydrogen) atoms. The summed E-state index contributed by atoms with van der Waals surface area (Å²) < 4.78 is 6.77. The van der Waals surface area contributed by atoms with E-state index in [1.165, 1.54) is 16.8 Å². The monoisotopic (exact) mass is 322 g/mol. The Morgan fingerprint density at radius 3 is 2.78 bits per heavy atom. The van der Waals surface area contributed by atoms with Crippen LogP contribution in [0.1, 0.15) is 12.6 Å². The number of aromatic hydroxyl groups is 1. The van der Waals surface area contributed by atoms with E-state index in [9.17, 15) is 24.6 Å². The molecule has 3 atom stereocenters. The van der Waals surface area contributed by atoms with E-state index in [4.69, 9.17) is 10.5 Å². The minimum Gasteiger partial charge on any atom is -0.502 e. The van der Waals surface area contributed by atoms with Gasteiger partial charge >= 0.3 is 5.69 Å². The Morgan fingerprint density at radius 2 is 2.13 bits per heavy atom. The van der Waals surface area contributed by atoms with Crippen molar-refractivity contribution >= 4 is 11.5 Å². The molecule has 1 aliphatic heterocycles. The van der Waals surface area contributed by atoms with Crippen molar-refractivity contribution in [2.24, 2.45) is 0 Å². The maximum atomic E-state index is 11.8. The van der Waals surface area contributed by atoms with Gasteiger partial charge in [0, 0.05) is 19.2 Å². The molecule has 1 fully saturated rings. The number of aromatic nitrogens is 2. The van der Waals surface area contributed by atoms with Crippen LogP contribution in [0.2, 0.25) is 0 Å². The fraction of sp³-hybridized carbons (Fsp3) is 0.385. The summed E-state index contributed by atoms with van der Waals surface area (Å²) in [5, 5.41) is 21.8. The zero-order valence-corrected chi connectivity index (χ0v) is 11.8. The molecular formula is C13H14N4O6. The predicted octanol–water partition coefficient (Wildman–Crippen LogP) is -2.11. The molecule has 5 N–H and O–H groups in total. The number of nitrogens with zero attached hydrogens (tertiary/aromatic N) is 2. The average molecular weight is 322 g/mol. The third-order valence-electron chi connectivity index (χ3n) is 3.73.